The summed E-state index contributed by atoms with van der Waals surface area (Å²) in [5.74, 6) is -0.615. The second kappa shape index (κ2) is 4.75. The van der Waals surface area contributed by atoms with Gasteiger partial charge in [-0.25, -0.2) is 0 Å². The standard InChI is InChI=1S/C13H13N3O2/c1-8-7-15-6-5-11(8)16-13(18)9-3-2-4-10(14)12(9)17/h2-7,17H,14H2,1H3,(H,15,16,18). The van der Waals surface area contributed by atoms with E-state index in [4.69, 9.17) is 5.73 Å². The van der Waals surface area contributed by atoms with Gasteiger partial charge in [-0.05, 0) is 30.7 Å². The number of para-hydroxylation sites is 1. The van der Waals surface area contributed by atoms with Crippen molar-refractivity contribution in [2.75, 3.05) is 11.1 Å². The monoisotopic (exact) mass is 243 g/mol. The maximum atomic E-state index is 12.0. The number of carbonyl (C=O) groups excluding carboxylic acids is 1. The van der Waals surface area contributed by atoms with E-state index in [0.29, 0.717) is 5.69 Å². The van der Waals surface area contributed by atoms with Crippen LogP contribution >= 0.6 is 0 Å². The van der Waals surface area contributed by atoms with Gasteiger partial charge in [-0.2, -0.15) is 0 Å². The lowest BCUT2D eigenvalue weighted by molar-refractivity contribution is 0.102. The molecule has 0 aliphatic rings. The fourth-order valence-corrected chi connectivity index (χ4v) is 1.55. The summed E-state index contributed by atoms with van der Waals surface area (Å²) in [5, 5.41) is 12.4. The molecule has 0 radical (unpaired) electrons. The number of anilines is 2. The highest BCUT2D eigenvalue weighted by atomic mass is 16.3. The normalized spacial score (nSPS) is 10.1. The quantitative estimate of drug-likeness (QED) is 0.555. The first-order valence-electron chi connectivity index (χ1n) is 5.39. The lowest BCUT2D eigenvalue weighted by Gasteiger charge is -2.09. The van der Waals surface area contributed by atoms with Gasteiger partial charge in [0, 0.05) is 18.1 Å². The maximum Gasteiger partial charge on any atom is 0.259 e. The molecule has 5 nitrogen and oxygen atoms in total. The van der Waals surface area contributed by atoms with Crippen molar-refractivity contribution in [3.8, 4) is 5.75 Å². The van der Waals surface area contributed by atoms with Crippen molar-refractivity contribution in [1.82, 2.24) is 4.98 Å². The second-order valence-electron chi connectivity index (χ2n) is 3.89. The van der Waals surface area contributed by atoms with Gasteiger partial charge in [0.05, 0.1) is 11.3 Å². The number of phenols is 1. The molecule has 18 heavy (non-hydrogen) atoms. The Labute approximate surface area is 104 Å². The van der Waals surface area contributed by atoms with Crippen molar-refractivity contribution < 1.29 is 9.90 Å². The van der Waals surface area contributed by atoms with Gasteiger partial charge in [0.25, 0.3) is 5.91 Å². The third-order valence-electron chi connectivity index (χ3n) is 2.58. The number of hydrogen-bond donors (Lipinski definition) is 3. The van der Waals surface area contributed by atoms with Gasteiger partial charge in [-0.3, -0.25) is 9.78 Å². The zero-order valence-electron chi connectivity index (χ0n) is 9.84. The van der Waals surface area contributed by atoms with Crippen LogP contribution in [-0.2, 0) is 0 Å². The molecule has 4 N–H and O–H groups in total. The Morgan fingerprint density at radius 1 is 1.39 bits per heavy atom. The molecular weight excluding hydrogens is 230 g/mol. The molecule has 1 amide bonds. The number of phenolic OH excluding ortho intramolecular Hbond substituents is 1. The minimum absolute atomic E-state index is 0.145. The van der Waals surface area contributed by atoms with E-state index >= 15 is 0 Å². The molecule has 0 saturated carbocycles. The van der Waals surface area contributed by atoms with Crippen LogP contribution in [0.2, 0.25) is 0 Å². The van der Waals surface area contributed by atoms with Crippen LogP contribution in [-0.4, -0.2) is 16.0 Å². The Balaban J connectivity index is 2.28. The minimum Gasteiger partial charge on any atom is -0.505 e. The number of nitrogens with zero attached hydrogens (tertiary/aromatic N) is 1. The maximum absolute atomic E-state index is 12.0. The van der Waals surface area contributed by atoms with E-state index in [1.807, 2.05) is 6.92 Å². The van der Waals surface area contributed by atoms with Crippen molar-refractivity contribution in [3.63, 3.8) is 0 Å². The molecule has 5 heteroatoms. The molecule has 0 atom stereocenters. The first-order valence-corrected chi connectivity index (χ1v) is 5.39. The third kappa shape index (κ3) is 2.24. The van der Waals surface area contributed by atoms with Crippen molar-refractivity contribution in [2.45, 2.75) is 6.92 Å². The zero-order chi connectivity index (χ0) is 13.1. The number of hydrogen-bond acceptors (Lipinski definition) is 4. The summed E-state index contributed by atoms with van der Waals surface area (Å²) in [5.41, 5.74) is 7.35. The summed E-state index contributed by atoms with van der Waals surface area (Å²) in [6, 6.07) is 6.35. The summed E-state index contributed by atoms with van der Waals surface area (Å²) in [6.07, 6.45) is 3.23. The largest absolute Gasteiger partial charge is 0.505 e. The Morgan fingerprint density at radius 2 is 2.17 bits per heavy atom. The van der Waals surface area contributed by atoms with E-state index in [0.717, 1.165) is 5.56 Å². The highest BCUT2D eigenvalue weighted by Gasteiger charge is 2.13. The Kier molecular flexibility index (Phi) is 3.14. The smallest absolute Gasteiger partial charge is 0.259 e. The summed E-state index contributed by atoms with van der Waals surface area (Å²) in [7, 11) is 0. The van der Waals surface area contributed by atoms with Crippen LogP contribution in [0, 0.1) is 6.92 Å². The average Bonchev–Trinajstić information content (AvgIpc) is 2.35. The molecule has 0 spiro atoms. The van der Waals surface area contributed by atoms with Crippen LogP contribution in [0.5, 0.6) is 5.75 Å². The highest BCUT2D eigenvalue weighted by Crippen LogP contribution is 2.25. The molecule has 1 heterocycles. The summed E-state index contributed by atoms with van der Waals surface area (Å²) in [4.78, 5) is 15.9. The van der Waals surface area contributed by atoms with Gasteiger partial charge in [0.2, 0.25) is 0 Å². The number of amides is 1. The predicted octanol–water partition coefficient (Wildman–Crippen LogP) is 1.93. The van der Waals surface area contributed by atoms with Crippen LogP contribution in [0.4, 0.5) is 11.4 Å². The molecule has 2 rings (SSSR count). The number of nitrogens with two attached hydrogens (primary N) is 1. The average molecular weight is 243 g/mol. The zero-order valence-corrected chi connectivity index (χ0v) is 9.84. The Morgan fingerprint density at radius 3 is 2.89 bits per heavy atom. The van der Waals surface area contributed by atoms with E-state index in [9.17, 15) is 9.90 Å². The fourth-order valence-electron chi connectivity index (χ4n) is 1.55. The SMILES string of the molecule is Cc1cnccc1NC(=O)c1cccc(N)c1O. The Hall–Kier alpha value is -2.56. The molecule has 1 aromatic heterocycles. The van der Waals surface area contributed by atoms with Crippen molar-refractivity contribution in [1.29, 1.82) is 0 Å². The topological polar surface area (TPSA) is 88.2 Å². The van der Waals surface area contributed by atoms with Crippen molar-refractivity contribution in [3.05, 3.63) is 47.8 Å². The molecule has 0 unspecified atom stereocenters. The molecule has 92 valence electrons. The van der Waals surface area contributed by atoms with Gasteiger partial charge < -0.3 is 16.2 Å². The third-order valence-corrected chi connectivity index (χ3v) is 2.58. The number of benzene rings is 1. The van der Waals surface area contributed by atoms with Crippen LogP contribution in [0.3, 0.4) is 0 Å². The second-order valence-corrected chi connectivity index (χ2v) is 3.89. The molecular formula is C13H13N3O2. The van der Waals surface area contributed by atoms with Crippen LogP contribution in [0.25, 0.3) is 0 Å². The van der Waals surface area contributed by atoms with Gasteiger partial charge in [0.15, 0.2) is 5.75 Å². The first kappa shape index (κ1) is 11.9. The summed E-state index contributed by atoms with van der Waals surface area (Å²) < 4.78 is 0. The van der Waals surface area contributed by atoms with Gasteiger partial charge >= 0.3 is 0 Å². The molecule has 0 fully saturated rings. The lowest BCUT2D eigenvalue weighted by atomic mass is 10.1. The Bertz CT molecular complexity index is 597. The van der Waals surface area contributed by atoms with E-state index in [1.54, 1.807) is 24.5 Å². The first-order chi connectivity index (χ1) is 8.59. The van der Waals surface area contributed by atoms with E-state index in [2.05, 4.69) is 10.3 Å². The summed E-state index contributed by atoms with van der Waals surface area (Å²) >= 11 is 0. The van der Waals surface area contributed by atoms with Crippen LogP contribution < -0.4 is 11.1 Å². The molecule has 1 aromatic carbocycles. The number of aromatic hydroxyl groups is 1. The van der Waals surface area contributed by atoms with Gasteiger partial charge in [0.1, 0.15) is 0 Å². The number of carbonyl (C=O) groups is 1. The van der Waals surface area contributed by atoms with Crippen LogP contribution in [0.15, 0.2) is 36.7 Å². The number of nitrogen functional groups attached to an aromatic ring is 1. The number of nitrogens with one attached hydrogen (secondary N) is 1. The van der Waals surface area contributed by atoms with Crippen molar-refractivity contribution in [2.24, 2.45) is 0 Å². The van der Waals surface area contributed by atoms with Crippen molar-refractivity contribution >= 4 is 17.3 Å². The molecule has 0 aliphatic carbocycles. The van der Waals surface area contributed by atoms with Crippen LogP contribution in [0.1, 0.15) is 15.9 Å². The molecule has 2 aromatic rings. The van der Waals surface area contributed by atoms with Gasteiger partial charge in [-0.15, -0.1) is 0 Å². The highest BCUT2D eigenvalue weighted by molar-refractivity contribution is 6.07. The number of rotatable bonds is 2. The number of aromatic nitrogens is 1. The van der Waals surface area contributed by atoms with Gasteiger partial charge in [-0.1, -0.05) is 6.07 Å². The minimum atomic E-state index is -0.408. The van der Waals surface area contributed by atoms with E-state index < -0.39 is 5.91 Å². The molecule has 0 saturated heterocycles. The molecule has 0 bridgehead atoms. The van der Waals surface area contributed by atoms with E-state index in [-0.39, 0.29) is 17.0 Å². The predicted molar refractivity (Wildman–Crippen MR) is 69.4 cm³/mol. The molecule has 0 aliphatic heterocycles. The lowest BCUT2D eigenvalue weighted by Crippen LogP contribution is -2.13. The fraction of sp³-hybridized carbons (Fsp3) is 0.0769. The number of aryl methyl sites for hydroxylation is 1. The number of pyridine rings is 1. The van der Waals surface area contributed by atoms with E-state index in [1.165, 1.54) is 12.1 Å². The summed E-state index contributed by atoms with van der Waals surface area (Å²) in [6.45, 7) is 1.84.